The Kier molecular flexibility index (Phi) is 2.53. The van der Waals surface area contributed by atoms with E-state index in [1.807, 2.05) is 0 Å². The van der Waals surface area contributed by atoms with Gasteiger partial charge in [-0.1, -0.05) is 0 Å². The molecule has 68 valence electrons. The first-order valence-electron chi connectivity index (χ1n) is 3.41. The largest absolute Gasteiger partial charge is 0.334 e. The van der Waals surface area contributed by atoms with Gasteiger partial charge in [0.05, 0.1) is 5.56 Å². The van der Waals surface area contributed by atoms with Gasteiger partial charge in [-0.2, -0.15) is 0 Å². The molecule has 0 unspecified atom stereocenters. The number of pyridine rings is 1. The number of carbonyl (C=O) groups is 1. The van der Waals surface area contributed by atoms with Gasteiger partial charge in [-0.3, -0.25) is 4.79 Å². The molecule has 0 bridgehead atoms. The Morgan fingerprint density at radius 2 is 2.08 bits per heavy atom. The molecule has 6 heteroatoms. The fraction of sp³-hybridized carbons (Fsp3) is 0.143. The molecule has 0 aliphatic carbocycles. The van der Waals surface area contributed by atoms with Crippen molar-refractivity contribution in [2.75, 3.05) is 0 Å². The minimum atomic E-state index is -1.13. The first kappa shape index (κ1) is 9.11. The molecule has 0 aromatic carbocycles. The molecule has 0 radical (unpaired) electrons. The van der Waals surface area contributed by atoms with Crippen molar-refractivity contribution in [1.82, 2.24) is 0 Å². The van der Waals surface area contributed by atoms with Gasteiger partial charge in [-0.25, -0.2) is 9.40 Å². The van der Waals surface area contributed by atoms with Crippen LogP contribution < -0.4 is 4.57 Å². The van der Waals surface area contributed by atoms with Crippen LogP contribution in [0.3, 0.4) is 0 Å². The van der Waals surface area contributed by atoms with Crippen molar-refractivity contribution in [3.05, 3.63) is 40.2 Å². The molecule has 13 heavy (non-hydrogen) atoms. The zero-order valence-electron chi connectivity index (χ0n) is 6.84. The Morgan fingerprint density at radius 1 is 1.54 bits per heavy atom. The van der Waals surface area contributed by atoms with Crippen molar-refractivity contribution in [3.63, 3.8) is 0 Å². The van der Waals surface area contributed by atoms with E-state index >= 15 is 0 Å². The summed E-state index contributed by atoms with van der Waals surface area (Å²) in [5, 5.41) is 8.68. The Morgan fingerprint density at radius 3 is 2.54 bits per heavy atom. The Labute approximate surface area is 73.5 Å². The predicted octanol–water partition coefficient (Wildman–Crippen LogP) is -0.140. The zero-order chi connectivity index (χ0) is 9.84. The summed E-state index contributed by atoms with van der Waals surface area (Å²) in [6.07, 6.45) is 3.19. The highest BCUT2D eigenvalue weighted by Crippen LogP contribution is 1.97. The maximum Gasteiger partial charge on any atom is 0.334 e. The fourth-order valence-corrected chi connectivity index (χ4v) is 0.757. The first-order valence-corrected chi connectivity index (χ1v) is 3.41. The average Bonchev–Trinajstić information content (AvgIpc) is 2.04. The van der Waals surface area contributed by atoms with E-state index in [0.717, 1.165) is 0 Å². The van der Waals surface area contributed by atoms with Crippen molar-refractivity contribution in [2.45, 2.75) is 0 Å². The van der Waals surface area contributed by atoms with Crippen LogP contribution in [0.15, 0.2) is 24.5 Å². The summed E-state index contributed by atoms with van der Waals surface area (Å²) >= 11 is 0. The predicted molar refractivity (Wildman–Crippen MR) is 40.0 cm³/mol. The lowest BCUT2D eigenvalue weighted by atomic mass is 10.3. The van der Waals surface area contributed by atoms with E-state index < -0.39 is 11.1 Å². The number of aryl methyl sites for hydroxylation is 1. The van der Waals surface area contributed by atoms with Gasteiger partial charge >= 0.3 is 11.1 Å². The summed E-state index contributed by atoms with van der Waals surface area (Å²) < 4.78 is 1.70. The van der Waals surface area contributed by atoms with E-state index in [9.17, 15) is 14.9 Å². The van der Waals surface area contributed by atoms with Gasteiger partial charge in [0.2, 0.25) is 0 Å². The SMILES string of the molecule is C[n+]1ccc(C(=O)O[N+](=O)[O-])cc1. The minimum absolute atomic E-state index is 0.148. The molecule has 0 atom stereocenters. The minimum Gasteiger partial charge on any atom is -0.263 e. The molecule has 0 spiro atoms. The normalized spacial score (nSPS) is 9.31. The third kappa shape index (κ3) is 2.51. The zero-order valence-corrected chi connectivity index (χ0v) is 6.84. The Balaban J connectivity index is 2.78. The number of aromatic nitrogens is 1. The van der Waals surface area contributed by atoms with E-state index in [2.05, 4.69) is 4.84 Å². The Hall–Kier alpha value is -1.98. The van der Waals surface area contributed by atoms with E-state index in [1.165, 1.54) is 12.1 Å². The van der Waals surface area contributed by atoms with Gasteiger partial charge in [0, 0.05) is 12.1 Å². The van der Waals surface area contributed by atoms with Gasteiger partial charge in [-0.15, -0.1) is 10.1 Å². The lowest BCUT2D eigenvalue weighted by Gasteiger charge is -1.94. The highest BCUT2D eigenvalue weighted by molar-refractivity contribution is 5.88. The van der Waals surface area contributed by atoms with Crippen molar-refractivity contribution in [2.24, 2.45) is 7.05 Å². The average molecular weight is 183 g/mol. The second-order valence-corrected chi connectivity index (χ2v) is 2.35. The molecule has 0 amide bonds. The molecular formula is C7H7N2O4+. The van der Waals surface area contributed by atoms with Crippen LogP contribution in [-0.4, -0.2) is 11.1 Å². The smallest absolute Gasteiger partial charge is 0.263 e. The third-order valence-electron chi connectivity index (χ3n) is 1.37. The van der Waals surface area contributed by atoms with Crippen LogP contribution in [0.25, 0.3) is 0 Å². The van der Waals surface area contributed by atoms with Crippen LogP contribution in [0.1, 0.15) is 10.4 Å². The fourth-order valence-electron chi connectivity index (χ4n) is 0.757. The van der Waals surface area contributed by atoms with Crippen LogP contribution in [0, 0.1) is 10.1 Å². The van der Waals surface area contributed by atoms with E-state index in [1.54, 1.807) is 24.0 Å². The maximum absolute atomic E-state index is 10.9. The molecule has 0 N–H and O–H groups in total. The van der Waals surface area contributed by atoms with E-state index in [-0.39, 0.29) is 5.56 Å². The highest BCUT2D eigenvalue weighted by Gasteiger charge is 2.11. The third-order valence-corrected chi connectivity index (χ3v) is 1.37. The number of carbonyl (C=O) groups excluding carboxylic acids is 1. The lowest BCUT2D eigenvalue weighted by molar-refractivity contribution is -0.727. The first-order chi connectivity index (χ1) is 6.09. The van der Waals surface area contributed by atoms with Crippen LogP contribution in [0.2, 0.25) is 0 Å². The number of rotatable bonds is 2. The van der Waals surface area contributed by atoms with E-state index in [0.29, 0.717) is 0 Å². The molecule has 0 saturated heterocycles. The Bertz CT molecular complexity index is 333. The molecular weight excluding hydrogens is 176 g/mol. The maximum atomic E-state index is 10.9. The van der Waals surface area contributed by atoms with Crippen LogP contribution in [0.4, 0.5) is 0 Å². The van der Waals surface area contributed by atoms with Crippen molar-refractivity contribution in [1.29, 1.82) is 0 Å². The second-order valence-electron chi connectivity index (χ2n) is 2.35. The highest BCUT2D eigenvalue weighted by atomic mass is 17.0. The summed E-state index contributed by atoms with van der Waals surface area (Å²) in [4.78, 5) is 24.5. The summed E-state index contributed by atoms with van der Waals surface area (Å²) in [5.41, 5.74) is 0.148. The summed E-state index contributed by atoms with van der Waals surface area (Å²) in [6.45, 7) is 0. The van der Waals surface area contributed by atoms with Crippen molar-refractivity contribution < 1.29 is 19.3 Å². The lowest BCUT2D eigenvalue weighted by Crippen LogP contribution is -2.26. The molecule has 0 fully saturated rings. The van der Waals surface area contributed by atoms with Gasteiger partial charge in [-0.05, 0) is 0 Å². The van der Waals surface area contributed by atoms with Crippen LogP contribution >= 0.6 is 0 Å². The molecule has 0 aliphatic rings. The summed E-state index contributed by atoms with van der Waals surface area (Å²) in [7, 11) is 1.77. The topological polar surface area (TPSA) is 73.3 Å². The van der Waals surface area contributed by atoms with Crippen LogP contribution in [-0.2, 0) is 11.9 Å². The number of hydrogen-bond acceptors (Lipinski definition) is 4. The van der Waals surface area contributed by atoms with Crippen molar-refractivity contribution >= 4 is 5.97 Å². The number of hydrogen-bond donors (Lipinski definition) is 0. The number of nitrogens with zero attached hydrogens (tertiary/aromatic N) is 2. The molecule has 1 heterocycles. The molecule has 6 nitrogen and oxygen atoms in total. The quantitative estimate of drug-likeness (QED) is 0.363. The van der Waals surface area contributed by atoms with Crippen molar-refractivity contribution in [3.8, 4) is 0 Å². The molecule has 1 aromatic rings. The van der Waals surface area contributed by atoms with Crippen LogP contribution in [0.5, 0.6) is 0 Å². The van der Waals surface area contributed by atoms with Gasteiger partial charge in [0.15, 0.2) is 12.4 Å². The van der Waals surface area contributed by atoms with E-state index in [4.69, 9.17) is 0 Å². The van der Waals surface area contributed by atoms with Gasteiger partial charge in [0.25, 0.3) is 0 Å². The standard InChI is InChI=1S/C7H7N2O4/c1-8-4-2-6(3-5-8)7(10)13-9(11)12/h2-5H,1H3/q+1. The summed E-state index contributed by atoms with van der Waals surface area (Å²) in [5.74, 6) is -0.967. The van der Waals surface area contributed by atoms with Gasteiger partial charge in [0.1, 0.15) is 7.05 Å². The summed E-state index contributed by atoms with van der Waals surface area (Å²) in [6, 6.07) is 2.87. The monoisotopic (exact) mass is 183 g/mol. The molecule has 1 aromatic heterocycles. The molecule has 1 rings (SSSR count). The van der Waals surface area contributed by atoms with Gasteiger partial charge < -0.3 is 0 Å². The second kappa shape index (κ2) is 3.61. The molecule has 0 saturated carbocycles. The molecule has 0 aliphatic heterocycles.